The maximum atomic E-state index is 2.70. The van der Waals surface area contributed by atoms with Gasteiger partial charge in [0.2, 0.25) is 6.71 Å². The van der Waals surface area contributed by atoms with Crippen molar-refractivity contribution in [2.24, 2.45) is 0 Å². The third-order valence-corrected chi connectivity index (χ3v) is 19.1. The number of anilines is 9. The molecule has 8 heteroatoms. The second-order valence-corrected chi connectivity index (χ2v) is 22.9. The van der Waals surface area contributed by atoms with Gasteiger partial charge in [0.25, 0.3) is 6.71 Å². The molecule has 0 saturated carbocycles. The lowest BCUT2D eigenvalue weighted by Crippen LogP contribution is -2.63. The first-order valence-electron chi connectivity index (χ1n) is 27.9. The summed E-state index contributed by atoms with van der Waals surface area (Å²) < 4.78 is 2.50. The number of aromatic nitrogens is 1. The molecule has 0 amide bonds. The molecule has 1 aliphatic carbocycles. The van der Waals surface area contributed by atoms with E-state index in [1.807, 2.05) is 11.8 Å². The summed E-state index contributed by atoms with van der Waals surface area (Å²) in [4.78, 5) is 13.0. The lowest BCUT2D eigenvalue weighted by Gasteiger charge is -2.51. The fourth-order valence-electron chi connectivity index (χ4n) is 14.9. The van der Waals surface area contributed by atoms with Gasteiger partial charge >= 0.3 is 0 Å². The van der Waals surface area contributed by atoms with E-state index in [9.17, 15) is 0 Å². The average molecular weight is 1040 g/mol. The number of hydrogen-bond donors (Lipinski definition) is 0. The van der Waals surface area contributed by atoms with Crippen molar-refractivity contribution in [2.45, 2.75) is 21.8 Å². The highest BCUT2D eigenvalue weighted by Gasteiger charge is 2.55. The van der Waals surface area contributed by atoms with Gasteiger partial charge in [-0.15, -0.1) is 0 Å². The van der Waals surface area contributed by atoms with Crippen molar-refractivity contribution < 1.29 is 0 Å². The quantitative estimate of drug-likeness (QED) is 0.159. The summed E-state index contributed by atoms with van der Waals surface area (Å²) in [6.07, 6.45) is 2.63. The van der Waals surface area contributed by atoms with Crippen LogP contribution in [-0.2, 0) is 0 Å². The molecule has 6 aliphatic rings. The maximum Gasteiger partial charge on any atom is 0.251 e. The molecule has 11 aromatic carbocycles. The van der Waals surface area contributed by atoms with E-state index in [-0.39, 0.29) is 25.4 Å². The van der Waals surface area contributed by atoms with Gasteiger partial charge in [0, 0.05) is 88.8 Å². The van der Waals surface area contributed by atoms with Crippen LogP contribution in [0.15, 0.2) is 300 Å². The second kappa shape index (κ2) is 16.9. The summed E-state index contributed by atoms with van der Waals surface area (Å²) in [6.45, 7) is -0.114. The molecule has 5 aliphatic heterocycles. The number of hydrogen-bond acceptors (Lipinski definition) is 5. The Bertz CT molecular complexity index is 4620. The summed E-state index contributed by atoms with van der Waals surface area (Å²) in [5, 5.41) is 2.56. The SMILES string of the molecule is C1=C2C3=C(C4c5ccccc5N(c5ccccc5)C14)N(c1ccccc1)c1cc4c(cc1B3c1ccccc1N2c1ccccc1)B1c2ccccc2N(c2ccccc2)c2cc3c(c(c21)S4)c1ccccc1n3-c1ccccc1. The number of allylic oxidation sites excluding steroid dienone is 1. The zero-order valence-electron chi connectivity index (χ0n) is 43.4. The zero-order valence-corrected chi connectivity index (χ0v) is 44.3. The number of benzene rings is 11. The molecule has 0 fully saturated rings. The van der Waals surface area contributed by atoms with E-state index in [0.717, 1.165) is 22.7 Å². The summed E-state index contributed by atoms with van der Waals surface area (Å²) in [7, 11) is 0. The Balaban J connectivity index is 0.959. The fraction of sp³-hybridized carbons (Fsp3) is 0.0278. The van der Waals surface area contributed by atoms with E-state index in [2.05, 4.69) is 297 Å². The second-order valence-electron chi connectivity index (χ2n) is 21.9. The van der Waals surface area contributed by atoms with Gasteiger partial charge in [-0.3, -0.25) is 0 Å². The van der Waals surface area contributed by atoms with Crippen molar-refractivity contribution in [3.05, 3.63) is 295 Å². The van der Waals surface area contributed by atoms with Crippen molar-refractivity contribution in [2.75, 3.05) is 19.6 Å². The predicted octanol–water partition coefficient (Wildman–Crippen LogP) is 14.5. The van der Waals surface area contributed by atoms with E-state index >= 15 is 0 Å². The van der Waals surface area contributed by atoms with Crippen molar-refractivity contribution in [3.63, 3.8) is 0 Å². The van der Waals surface area contributed by atoms with Crippen LogP contribution in [0.2, 0.25) is 0 Å². The first-order valence-corrected chi connectivity index (χ1v) is 28.7. The van der Waals surface area contributed by atoms with E-state index in [0.29, 0.717) is 0 Å². The van der Waals surface area contributed by atoms with Crippen LogP contribution in [0.1, 0.15) is 11.5 Å². The Hall–Kier alpha value is -9.62. The minimum atomic E-state index is -0.0663. The van der Waals surface area contributed by atoms with Crippen molar-refractivity contribution in [1.29, 1.82) is 0 Å². The molecule has 18 rings (SSSR count). The normalized spacial score (nSPS) is 16.8. The maximum absolute atomic E-state index is 2.70. The molecule has 372 valence electrons. The van der Waals surface area contributed by atoms with Gasteiger partial charge in [0.15, 0.2) is 0 Å². The minimum Gasteiger partial charge on any atom is -0.333 e. The van der Waals surface area contributed by atoms with Crippen LogP contribution >= 0.6 is 11.8 Å². The third-order valence-electron chi connectivity index (χ3n) is 17.9. The van der Waals surface area contributed by atoms with Gasteiger partial charge in [0.1, 0.15) is 0 Å². The molecule has 6 heterocycles. The van der Waals surface area contributed by atoms with E-state index in [1.165, 1.54) is 115 Å². The molecule has 0 saturated heterocycles. The third kappa shape index (κ3) is 6.06. The highest BCUT2D eigenvalue weighted by molar-refractivity contribution is 8.00. The molecular formula is C72H47B2N5S. The molecule has 12 aromatic rings. The Kier molecular flexibility index (Phi) is 9.40. The molecule has 0 N–H and O–H groups in total. The lowest BCUT2D eigenvalue weighted by atomic mass is 9.30. The average Bonchev–Trinajstić information content (AvgIpc) is 3.59. The van der Waals surface area contributed by atoms with Crippen molar-refractivity contribution >= 4 is 125 Å². The summed E-state index contributed by atoms with van der Waals surface area (Å²) in [6, 6.07) is 99.9. The smallest absolute Gasteiger partial charge is 0.251 e. The van der Waals surface area contributed by atoms with Crippen LogP contribution in [0.25, 0.3) is 27.5 Å². The fourth-order valence-corrected chi connectivity index (χ4v) is 16.2. The molecular weight excluding hydrogens is 989 g/mol. The zero-order chi connectivity index (χ0) is 52.2. The van der Waals surface area contributed by atoms with Gasteiger partial charge in [-0.2, -0.15) is 0 Å². The topological polar surface area (TPSA) is 17.9 Å². The number of nitrogens with zero attached hydrogens (tertiary/aromatic N) is 5. The highest BCUT2D eigenvalue weighted by Crippen LogP contribution is 2.59. The molecule has 0 bridgehead atoms. The summed E-state index contributed by atoms with van der Waals surface area (Å²) in [5.74, 6) is 0.00815. The Labute approximate surface area is 469 Å². The van der Waals surface area contributed by atoms with Crippen LogP contribution < -0.4 is 46.9 Å². The van der Waals surface area contributed by atoms with Crippen LogP contribution in [0.5, 0.6) is 0 Å². The predicted molar refractivity (Wildman–Crippen MR) is 336 cm³/mol. The number of para-hydroxylation sites is 9. The minimum absolute atomic E-state index is 0.00815. The molecule has 2 atom stereocenters. The molecule has 0 radical (unpaired) electrons. The van der Waals surface area contributed by atoms with Gasteiger partial charge < -0.3 is 24.2 Å². The number of rotatable bonds is 5. The molecule has 80 heavy (non-hydrogen) atoms. The first-order chi connectivity index (χ1) is 39.8. The summed E-state index contributed by atoms with van der Waals surface area (Å²) in [5.41, 5.74) is 26.4. The monoisotopic (exact) mass is 1040 g/mol. The highest BCUT2D eigenvalue weighted by atomic mass is 32.2. The van der Waals surface area contributed by atoms with Gasteiger partial charge in [0.05, 0.1) is 23.0 Å². The van der Waals surface area contributed by atoms with E-state index in [1.54, 1.807) is 0 Å². The van der Waals surface area contributed by atoms with Crippen LogP contribution in [0, 0.1) is 0 Å². The summed E-state index contributed by atoms with van der Waals surface area (Å²) >= 11 is 1.98. The van der Waals surface area contributed by atoms with E-state index < -0.39 is 0 Å². The van der Waals surface area contributed by atoms with Gasteiger partial charge in [-0.25, -0.2) is 0 Å². The Morgan fingerprint density at radius 2 is 0.912 bits per heavy atom. The van der Waals surface area contributed by atoms with Crippen LogP contribution in [-0.4, -0.2) is 24.0 Å². The van der Waals surface area contributed by atoms with Crippen molar-refractivity contribution in [1.82, 2.24) is 4.57 Å². The molecule has 1 aromatic heterocycles. The first kappa shape index (κ1) is 44.4. The largest absolute Gasteiger partial charge is 0.333 e. The van der Waals surface area contributed by atoms with Crippen LogP contribution in [0.3, 0.4) is 0 Å². The van der Waals surface area contributed by atoms with Crippen molar-refractivity contribution in [3.8, 4) is 5.69 Å². The Morgan fingerprint density at radius 3 is 1.60 bits per heavy atom. The molecule has 2 unspecified atom stereocenters. The standard InChI is InChI=1S/C72H47B2N5S/c1-6-24-46(25-7-1)75-57-38-20-16-34-51(57)67-62(75)43-64-69-71(67)79(50-32-14-5-15-33-50)61-45-66-56(42-55(61)73(69)53-36-18-22-40-59(53)77(64)48-28-10-3-11-29-48)74-54-37-19-23-41-60(54)78(49-30-12-4-13-31-49)65-44-63-68(72(80-66)70(65)74)52-35-17-21-39-58(52)76(63)47-26-8-2-9-27-47/h1-45,62,67H. The van der Waals surface area contributed by atoms with Gasteiger partial charge in [-0.05, 0) is 136 Å². The number of fused-ring (bicyclic) bond motifs is 16. The van der Waals surface area contributed by atoms with E-state index in [4.69, 9.17) is 0 Å². The van der Waals surface area contributed by atoms with Gasteiger partial charge in [-0.1, -0.05) is 187 Å². The molecule has 0 spiro atoms. The molecule has 5 nitrogen and oxygen atoms in total. The lowest BCUT2D eigenvalue weighted by molar-refractivity contribution is 0.682. The van der Waals surface area contributed by atoms with Crippen LogP contribution in [0.4, 0.5) is 51.2 Å². The Morgan fingerprint density at radius 1 is 0.375 bits per heavy atom.